The Balaban J connectivity index is 1.34. The third-order valence-electron chi connectivity index (χ3n) is 5.95. The van der Waals surface area contributed by atoms with Crippen molar-refractivity contribution >= 4 is 10.9 Å². The average Bonchev–Trinajstić information content (AvgIpc) is 3.33. The lowest BCUT2D eigenvalue weighted by Crippen LogP contribution is -2.31. The zero-order valence-corrected chi connectivity index (χ0v) is 19.4. The fourth-order valence-electron chi connectivity index (χ4n) is 4.13. The van der Waals surface area contributed by atoms with Gasteiger partial charge in [-0.05, 0) is 35.7 Å². The van der Waals surface area contributed by atoms with E-state index in [1.165, 1.54) is 4.68 Å². The first kappa shape index (κ1) is 22.7. The van der Waals surface area contributed by atoms with Crippen LogP contribution in [0.4, 0.5) is 0 Å². The van der Waals surface area contributed by atoms with Gasteiger partial charge in [0.2, 0.25) is 0 Å². The topological polar surface area (TPSA) is 82.2 Å². The first-order chi connectivity index (χ1) is 17.1. The molecule has 0 fully saturated rings. The second-order valence-corrected chi connectivity index (χ2v) is 8.48. The van der Waals surface area contributed by atoms with E-state index in [9.17, 15) is 9.90 Å². The van der Waals surface area contributed by atoms with Crippen molar-refractivity contribution in [3.63, 3.8) is 0 Å². The molecule has 0 aliphatic carbocycles. The molecule has 1 N–H and O–H groups in total. The van der Waals surface area contributed by atoms with Gasteiger partial charge in [-0.1, -0.05) is 72.8 Å². The van der Waals surface area contributed by atoms with Crippen LogP contribution in [0.2, 0.25) is 0 Å². The number of ether oxygens (including phenoxy) is 1. The zero-order valence-electron chi connectivity index (χ0n) is 19.4. The van der Waals surface area contributed by atoms with E-state index in [4.69, 9.17) is 4.74 Å². The molecule has 2 heterocycles. The highest BCUT2D eigenvalue weighted by Gasteiger charge is 2.19. The van der Waals surface area contributed by atoms with E-state index in [2.05, 4.69) is 10.2 Å². The quantitative estimate of drug-likeness (QED) is 0.373. The van der Waals surface area contributed by atoms with Crippen LogP contribution in [-0.4, -0.2) is 37.4 Å². The number of rotatable bonds is 8. The molecule has 0 amide bonds. The van der Waals surface area contributed by atoms with Crippen molar-refractivity contribution < 1.29 is 9.84 Å². The fourth-order valence-corrected chi connectivity index (χ4v) is 4.13. The van der Waals surface area contributed by atoms with E-state index >= 15 is 0 Å². The molecule has 176 valence electrons. The van der Waals surface area contributed by atoms with E-state index in [0.29, 0.717) is 10.9 Å². The lowest BCUT2D eigenvalue weighted by atomic mass is 9.97. The summed E-state index contributed by atoms with van der Waals surface area (Å²) >= 11 is 0. The second-order valence-electron chi connectivity index (χ2n) is 8.48. The van der Waals surface area contributed by atoms with Gasteiger partial charge in [0.15, 0.2) is 5.52 Å². The maximum Gasteiger partial charge on any atom is 0.295 e. The van der Waals surface area contributed by atoms with Gasteiger partial charge >= 0.3 is 0 Å². The maximum absolute atomic E-state index is 13.0. The largest absolute Gasteiger partial charge is 0.389 e. The van der Waals surface area contributed by atoms with Crippen LogP contribution >= 0.6 is 0 Å². The predicted molar refractivity (Wildman–Crippen MR) is 135 cm³/mol. The number of fused-ring (bicyclic) bond motifs is 1. The first-order valence-electron chi connectivity index (χ1n) is 11.5. The lowest BCUT2D eigenvalue weighted by Gasteiger charge is -2.22. The monoisotopic (exact) mass is 466 g/mol. The smallest absolute Gasteiger partial charge is 0.295 e. The molecule has 0 saturated heterocycles. The van der Waals surface area contributed by atoms with Crippen LogP contribution in [0.5, 0.6) is 0 Å². The van der Waals surface area contributed by atoms with Crippen molar-refractivity contribution in [3.05, 3.63) is 124 Å². The molecule has 2 aromatic heterocycles. The van der Waals surface area contributed by atoms with Crippen LogP contribution in [0.15, 0.2) is 102 Å². The normalized spacial score (nSPS) is 13.1. The number of hydrogen-bond acceptors (Lipinski definition) is 5. The van der Waals surface area contributed by atoms with Crippen molar-refractivity contribution in [3.8, 4) is 5.69 Å². The van der Waals surface area contributed by atoms with Gasteiger partial charge < -0.3 is 9.84 Å². The van der Waals surface area contributed by atoms with Crippen LogP contribution in [0.3, 0.4) is 0 Å². The van der Waals surface area contributed by atoms with Crippen LogP contribution in [-0.2, 0) is 11.3 Å². The van der Waals surface area contributed by atoms with Crippen molar-refractivity contribution in [1.82, 2.24) is 19.6 Å². The van der Waals surface area contributed by atoms with Gasteiger partial charge in [0.25, 0.3) is 5.56 Å². The molecule has 5 aromatic rings. The molecule has 0 aliphatic rings. The first-order valence-corrected chi connectivity index (χ1v) is 11.5. The van der Waals surface area contributed by atoms with Crippen LogP contribution in [0.1, 0.15) is 22.8 Å². The molecule has 7 nitrogen and oxygen atoms in total. The Morgan fingerprint density at radius 2 is 1.63 bits per heavy atom. The van der Waals surface area contributed by atoms with Crippen molar-refractivity contribution in [2.45, 2.75) is 25.7 Å². The number of hydrogen-bond donors (Lipinski definition) is 1. The van der Waals surface area contributed by atoms with Crippen molar-refractivity contribution in [2.75, 3.05) is 6.61 Å². The minimum absolute atomic E-state index is 0.00223. The molecule has 3 aromatic carbocycles. The molecule has 2 unspecified atom stereocenters. The zero-order chi connectivity index (χ0) is 24.2. The Labute approximate surface area is 202 Å². The summed E-state index contributed by atoms with van der Waals surface area (Å²) in [6.07, 6.45) is 2.11. The number of aryl methyl sites for hydroxylation is 1. The van der Waals surface area contributed by atoms with Gasteiger partial charge in [-0.3, -0.25) is 4.79 Å². The van der Waals surface area contributed by atoms with E-state index in [0.717, 1.165) is 22.4 Å². The Morgan fingerprint density at radius 3 is 2.37 bits per heavy atom. The molecular weight excluding hydrogens is 440 g/mol. The molecule has 0 saturated carbocycles. The third-order valence-corrected chi connectivity index (χ3v) is 5.95. The predicted octanol–water partition coefficient (Wildman–Crippen LogP) is 4.06. The summed E-state index contributed by atoms with van der Waals surface area (Å²) in [6, 6.07) is 27.5. The molecule has 7 heteroatoms. The fraction of sp³-hybridized carbons (Fsp3) is 0.179. The van der Waals surface area contributed by atoms with Crippen molar-refractivity contribution in [1.29, 1.82) is 0 Å². The number of aromatic nitrogens is 4. The Morgan fingerprint density at radius 1 is 0.943 bits per heavy atom. The summed E-state index contributed by atoms with van der Waals surface area (Å²) in [5.74, 6) is 0. The minimum Gasteiger partial charge on any atom is -0.389 e. The lowest BCUT2D eigenvalue weighted by molar-refractivity contribution is -0.00258. The number of benzene rings is 3. The molecule has 5 rings (SSSR count). The summed E-state index contributed by atoms with van der Waals surface area (Å²) in [5, 5.41) is 20.1. The number of aliphatic hydroxyl groups is 1. The Hall–Kier alpha value is -4.07. The molecule has 35 heavy (non-hydrogen) atoms. The highest BCUT2D eigenvalue weighted by atomic mass is 16.5. The van der Waals surface area contributed by atoms with Gasteiger partial charge in [0, 0.05) is 11.6 Å². The molecular formula is C28H26N4O3. The van der Waals surface area contributed by atoms with Gasteiger partial charge in [-0.15, -0.1) is 0 Å². The van der Waals surface area contributed by atoms with E-state index < -0.39 is 6.10 Å². The number of para-hydroxylation sites is 1. The van der Waals surface area contributed by atoms with Crippen LogP contribution < -0.4 is 5.56 Å². The average molecular weight is 467 g/mol. The molecule has 0 radical (unpaired) electrons. The SMILES string of the molecule is Cc1ccccc1C(OCC(O)Cn1ncc2cn(-c3ccccc3)nc2c1=O)c1ccccc1. The third kappa shape index (κ3) is 4.91. The summed E-state index contributed by atoms with van der Waals surface area (Å²) in [5.41, 5.74) is 3.94. The standard InChI is InChI=1S/C28H26N4O3/c1-20-10-8-9-15-25(20)27(21-11-4-2-5-12-21)35-19-24(33)18-32-28(34)26-22(16-29-32)17-31(30-26)23-13-6-3-7-14-23/h2-17,24,27,33H,18-19H2,1H3. The number of aliphatic hydroxyl groups excluding tert-OH is 1. The van der Waals surface area contributed by atoms with E-state index in [-0.39, 0.29) is 24.8 Å². The highest BCUT2D eigenvalue weighted by molar-refractivity contribution is 5.76. The number of nitrogens with zero attached hydrogens (tertiary/aromatic N) is 4. The highest BCUT2D eigenvalue weighted by Crippen LogP contribution is 2.28. The molecule has 2 atom stereocenters. The van der Waals surface area contributed by atoms with Crippen molar-refractivity contribution in [2.24, 2.45) is 0 Å². The molecule has 0 spiro atoms. The Bertz CT molecular complexity index is 1480. The second kappa shape index (κ2) is 10.0. The summed E-state index contributed by atoms with van der Waals surface area (Å²) < 4.78 is 9.10. The summed E-state index contributed by atoms with van der Waals surface area (Å²) in [7, 11) is 0. The minimum atomic E-state index is -0.927. The van der Waals surface area contributed by atoms with Gasteiger partial charge in [-0.2, -0.15) is 10.2 Å². The molecule has 0 aliphatic heterocycles. The van der Waals surface area contributed by atoms with Gasteiger partial charge in [0.05, 0.1) is 31.1 Å². The molecule has 0 bridgehead atoms. The van der Waals surface area contributed by atoms with Crippen LogP contribution in [0.25, 0.3) is 16.6 Å². The summed E-state index contributed by atoms with van der Waals surface area (Å²) in [4.78, 5) is 13.0. The van der Waals surface area contributed by atoms with E-state index in [1.54, 1.807) is 17.1 Å². The van der Waals surface area contributed by atoms with Crippen LogP contribution in [0, 0.1) is 6.92 Å². The summed E-state index contributed by atoms with van der Waals surface area (Å²) in [6.45, 7) is 2.08. The Kier molecular flexibility index (Phi) is 6.52. The maximum atomic E-state index is 13.0. The van der Waals surface area contributed by atoms with Gasteiger partial charge in [0.1, 0.15) is 6.10 Å². The van der Waals surface area contributed by atoms with Gasteiger partial charge in [-0.25, -0.2) is 9.36 Å². The van der Waals surface area contributed by atoms with E-state index in [1.807, 2.05) is 91.9 Å².